The second kappa shape index (κ2) is 7.27. The number of benzene rings is 1. The molecule has 0 saturated heterocycles. The van der Waals surface area contributed by atoms with Crippen molar-refractivity contribution < 1.29 is 9.53 Å². The molecule has 1 aromatic carbocycles. The third-order valence-electron chi connectivity index (χ3n) is 3.75. The molecule has 116 valence electrons. The van der Waals surface area contributed by atoms with Crippen molar-refractivity contribution in [2.24, 2.45) is 0 Å². The summed E-state index contributed by atoms with van der Waals surface area (Å²) < 4.78 is 5.37. The summed E-state index contributed by atoms with van der Waals surface area (Å²) in [6, 6.07) is 7.72. The minimum Gasteiger partial charge on any atom is -0.496 e. The van der Waals surface area contributed by atoms with Crippen LogP contribution in [0.25, 0.3) is 0 Å². The maximum Gasteiger partial charge on any atom is 0.147 e. The van der Waals surface area contributed by atoms with Gasteiger partial charge in [-0.05, 0) is 24.5 Å². The predicted octanol–water partition coefficient (Wildman–Crippen LogP) is 3.22. The van der Waals surface area contributed by atoms with Gasteiger partial charge in [0.05, 0.1) is 12.1 Å². The number of para-hydroxylation sites is 1. The molecule has 4 nitrogen and oxygen atoms in total. The molecule has 22 heavy (non-hydrogen) atoms. The van der Waals surface area contributed by atoms with Gasteiger partial charge >= 0.3 is 0 Å². The first-order chi connectivity index (χ1) is 10.6. The molecule has 1 aliphatic rings. The van der Waals surface area contributed by atoms with Crippen LogP contribution in [0.2, 0.25) is 0 Å². The number of aldehydes is 1. The minimum absolute atomic E-state index is 0.380. The van der Waals surface area contributed by atoms with Crippen LogP contribution < -0.4 is 10.1 Å². The van der Waals surface area contributed by atoms with Crippen molar-refractivity contribution in [2.45, 2.75) is 19.3 Å². The SMILES string of the molecule is CN/C(Cc1ccccc1OC)=C1\C(=N)CCC(C=O)=C1Cl. The Bertz CT molecular complexity index is 662. The molecular weight excluding hydrogens is 300 g/mol. The van der Waals surface area contributed by atoms with Crippen LogP contribution in [-0.2, 0) is 11.2 Å². The fourth-order valence-corrected chi connectivity index (χ4v) is 2.92. The van der Waals surface area contributed by atoms with E-state index in [1.807, 2.05) is 24.3 Å². The zero-order valence-electron chi connectivity index (χ0n) is 12.7. The molecule has 0 fully saturated rings. The molecule has 0 bridgehead atoms. The van der Waals surface area contributed by atoms with E-state index in [1.54, 1.807) is 14.2 Å². The highest BCUT2D eigenvalue weighted by Gasteiger charge is 2.23. The monoisotopic (exact) mass is 318 g/mol. The molecular formula is C17H19ClN2O2. The number of carbonyl (C=O) groups excluding carboxylic acids is 1. The number of rotatable bonds is 5. The molecule has 0 saturated carbocycles. The van der Waals surface area contributed by atoms with Crippen LogP contribution in [0, 0.1) is 5.41 Å². The standard InChI is InChI=1S/C17H19ClN2O2/c1-20-14(9-11-5-3-4-6-15(11)22-2)16-13(19)8-7-12(10-21)17(16)18/h3-6,10,19-20H,7-9H2,1-2H3/b16-14+,19-13?. The summed E-state index contributed by atoms with van der Waals surface area (Å²) in [6.07, 6.45) is 2.39. The summed E-state index contributed by atoms with van der Waals surface area (Å²) in [5.41, 5.74) is 3.45. The van der Waals surface area contributed by atoms with Crippen LogP contribution in [0.3, 0.4) is 0 Å². The van der Waals surface area contributed by atoms with Gasteiger partial charge in [0.1, 0.15) is 12.0 Å². The van der Waals surface area contributed by atoms with E-state index < -0.39 is 0 Å². The van der Waals surface area contributed by atoms with E-state index in [4.69, 9.17) is 21.7 Å². The van der Waals surface area contributed by atoms with Gasteiger partial charge in [-0.2, -0.15) is 0 Å². The summed E-state index contributed by atoms with van der Waals surface area (Å²) in [6.45, 7) is 0. The first-order valence-electron chi connectivity index (χ1n) is 7.07. The minimum atomic E-state index is 0.380. The van der Waals surface area contributed by atoms with E-state index >= 15 is 0 Å². The van der Waals surface area contributed by atoms with E-state index in [9.17, 15) is 4.79 Å². The number of nitrogens with one attached hydrogen (secondary N) is 2. The molecule has 0 atom stereocenters. The van der Waals surface area contributed by atoms with Gasteiger partial charge in [-0.15, -0.1) is 0 Å². The van der Waals surface area contributed by atoms with Crippen LogP contribution in [0.4, 0.5) is 0 Å². The number of methoxy groups -OCH3 is 1. The lowest BCUT2D eigenvalue weighted by molar-refractivity contribution is -0.105. The van der Waals surface area contributed by atoms with E-state index in [-0.39, 0.29) is 0 Å². The summed E-state index contributed by atoms with van der Waals surface area (Å²) in [5, 5.41) is 11.7. The van der Waals surface area contributed by atoms with E-state index in [1.165, 1.54) is 0 Å². The summed E-state index contributed by atoms with van der Waals surface area (Å²) in [7, 11) is 3.43. The molecule has 1 aromatic rings. The lowest BCUT2D eigenvalue weighted by Gasteiger charge is -2.22. The maximum atomic E-state index is 11.1. The normalized spacial score (nSPS) is 17.3. The fourth-order valence-electron chi connectivity index (χ4n) is 2.55. The van der Waals surface area contributed by atoms with Crippen molar-refractivity contribution in [1.82, 2.24) is 5.32 Å². The summed E-state index contributed by atoms with van der Waals surface area (Å²) in [4.78, 5) is 11.1. The van der Waals surface area contributed by atoms with Crippen molar-refractivity contribution in [3.63, 3.8) is 0 Å². The van der Waals surface area contributed by atoms with Crippen molar-refractivity contribution >= 4 is 23.6 Å². The summed E-state index contributed by atoms with van der Waals surface area (Å²) >= 11 is 6.34. The van der Waals surface area contributed by atoms with Gasteiger partial charge in [0.25, 0.3) is 0 Å². The Morgan fingerprint density at radius 1 is 1.41 bits per heavy atom. The van der Waals surface area contributed by atoms with Gasteiger partial charge in [0.2, 0.25) is 0 Å². The molecule has 0 unspecified atom stereocenters. The highest BCUT2D eigenvalue weighted by atomic mass is 35.5. The average molecular weight is 319 g/mol. The number of allylic oxidation sites excluding steroid dienone is 4. The predicted molar refractivity (Wildman–Crippen MR) is 88.7 cm³/mol. The maximum absolute atomic E-state index is 11.1. The average Bonchev–Trinajstić information content (AvgIpc) is 2.54. The molecule has 0 radical (unpaired) electrons. The number of ether oxygens (including phenoxy) is 1. The van der Waals surface area contributed by atoms with Crippen molar-refractivity contribution in [2.75, 3.05) is 14.2 Å². The van der Waals surface area contributed by atoms with Gasteiger partial charge < -0.3 is 15.5 Å². The highest BCUT2D eigenvalue weighted by molar-refractivity contribution is 6.38. The number of hydrogen-bond donors (Lipinski definition) is 2. The van der Waals surface area contributed by atoms with Crippen LogP contribution in [0.1, 0.15) is 18.4 Å². The molecule has 5 heteroatoms. The van der Waals surface area contributed by atoms with Crippen molar-refractivity contribution in [3.8, 4) is 5.75 Å². The van der Waals surface area contributed by atoms with Gasteiger partial charge in [0.15, 0.2) is 0 Å². The van der Waals surface area contributed by atoms with Gasteiger partial charge in [0, 0.05) is 36.0 Å². The molecule has 0 amide bonds. The van der Waals surface area contributed by atoms with Crippen LogP contribution in [0.15, 0.2) is 46.1 Å². The quantitative estimate of drug-likeness (QED) is 0.819. The third kappa shape index (κ3) is 3.22. The lowest BCUT2D eigenvalue weighted by atomic mass is 9.90. The van der Waals surface area contributed by atoms with Gasteiger partial charge in [-0.3, -0.25) is 4.79 Å². The van der Waals surface area contributed by atoms with Crippen LogP contribution in [-0.4, -0.2) is 26.2 Å². The first kappa shape index (κ1) is 16.3. The number of halogens is 1. The largest absolute Gasteiger partial charge is 0.496 e. The Hall–Kier alpha value is -2.07. The van der Waals surface area contributed by atoms with Crippen molar-refractivity contribution in [3.05, 3.63) is 51.7 Å². The Morgan fingerprint density at radius 2 is 2.14 bits per heavy atom. The Morgan fingerprint density at radius 3 is 2.77 bits per heavy atom. The van der Waals surface area contributed by atoms with Gasteiger partial charge in [-0.25, -0.2) is 0 Å². The second-order valence-electron chi connectivity index (χ2n) is 5.03. The molecule has 0 spiro atoms. The van der Waals surface area contributed by atoms with Gasteiger partial charge in [-0.1, -0.05) is 29.8 Å². The van der Waals surface area contributed by atoms with Crippen LogP contribution in [0.5, 0.6) is 5.75 Å². The molecule has 0 heterocycles. The molecule has 2 N–H and O–H groups in total. The lowest BCUT2D eigenvalue weighted by Crippen LogP contribution is -2.20. The third-order valence-corrected chi connectivity index (χ3v) is 4.18. The molecule has 2 rings (SSSR count). The Balaban J connectivity index is 2.49. The highest BCUT2D eigenvalue weighted by Crippen LogP contribution is 2.32. The Labute approximate surface area is 135 Å². The summed E-state index contributed by atoms with van der Waals surface area (Å²) in [5.74, 6) is 0.786. The van der Waals surface area contributed by atoms with E-state index in [2.05, 4.69) is 5.32 Å². The first-order valence-corrected chi connectivity index (χ1v) is 7.45. The number of carbonyl (C=O) groups is 1. The molecule has 0 aromatic heterocycles. The van der Waals surface area contributed by atoms with E-state index in [0.717, 1.165) is 23.3 Å². The zero-order valence-corrected chi connectivity index (χ0v) is 13.5. The molecule has 0 aliphatic heterocycles. The smallest absolute Gasteiger partial charge is 0.147 e. The number of likely N-dealkylation sites (N-methyl/N-ethyl adjacent to an activating group) is 1. The topological polar surface area (TPSA) is 62.2 Å². The van der Waals surface area contributed by atoms with Crippen molar-refractivity contribution in [1.29, 1.82) is 5.41 Å². The Kier molecular flexibility index (Phi) is 5.39. The fraction of sp³-hybridized carbons (Fsp3) is 0.294. The van der Waals surface area contributed by atoms with Crippen LogP contribution >= 0.6 is 11.6 Å². The molecule has 1 aliphatic carbocycles. The zero-order chi connectivity index (χ0) is 16.1. The number of hydrogen-bond acceptors (Lipinski definition) is 4. The van der Waals surface area contributed by atoms with E-state index in [0.29, 0.717) is 41.2 Å². The second-order valence-corrected chi connectivity index (χ2v) is 5.41.